The Balaban J connectivity index is 3.75. The van der Waals surface area contributed by atoms with Gasteiger partial charge in [0, 0.05) is 0 Å². The number of hydrogen-bond acceptors (Lipinski definition) is 4. The molecular weight excluding hydrogens is 144 g/mol. The first-order valence-corrected chi connectivity index (χ1v) is 3.72. The average Bonchev–Trinajstić information content (AvgIpc) is 1.84. The van der Waals surface area contributed by atoms with Gasteiger partial charge in [-0.1, -0.05) is 6.58 Å². The van der Waals surface area contributed by atoms with E-state index in [4.69, 9.17) is 5.11 Å². The van der Waals surface area contributed by atoms with Crippen molar-refractivity contribution < 1.29 is 17.7 Å². The lowest BCUT2D eigenvalue weighted by Gasteiger charge is -1.95. The first-order chi connectivity index (χ1) is 4.12. The monoisotopic (exact) mass is 152 g/mol. The third-order valence-electron chi connectivity index (χ3n) is 0.543. The van der Waals surface area contributed by atoms with Gasteiger partial charge in [0.05, 0.1) is 18.6 Å². The Morgan fingerprint density at radius 3 is 2.56 bits per heavy atom. The lowest BCUT2D eigenvalue weighted by atomic mass is 10.8. The zero-order chi connectivity index (χ0) is 7.33. The van der Waals surface area contributed by atoms with Crippen LogP contribution in [0.25, 0.3) is 0 Å². The van der Waals surface area contributed by atoms with Crippen molar-refractivity contribution in [1.82, 2.24) is 0 Å². The smallest absolute Gasteiger partial charge is 0.289 e. The summed E-state index contributed by atoms with van der Waals surface area (Å²) in [6.07, 6.45) is 0. The highest BCUT2D eigenvalue weighted by Gasteiger charge is 2.01. The Bertz CT molecular complexity index is 169. The minimum Gasteiger partial charge on any atom is -0.394 e. The average molecular weight is 152 g/mol. The topological polar surface area (TPSA) is 63.6 Å². The van der Waals surface area contributed by atoms with Crippen molar-refractivity contribution in [2.24, 2.45) is 0 Å². The molecule has 0 atom stereocenters. The molecule has 1 N–H and O–H groups in total. The number of hydrogen-bond donors (Lipinski definition) is 1. The molecule has 0 aromatic carbocycles. The Morgan fingerprint density at radius 2 is 2.22 bits per heavy atom. The fourth-order valence-corrected chi connectivity index (χ4v) is 0.605. The van der Waals surface area contributed by atoms with Gasteiger partial charge in [0.25, 0.3) is 10.1 Å². The third kappa shape index (κ3) is 4.14. The van der Waals surface area contributed by atoms with E-state index in [2.05, 4.69) is 10.8 Å². The predicted octanol–water partition coefficient (Wildman–Crippen LogP) is -0.531. The second kappa shape index (κ2) is 3.60. The van der Waals surface area contributed by atoms with Gasteiger partial charge in [-0.3, -0.25) is 4.18 Å². The zero-order valence-corrected chi connectivity index (χ0v) is 5.60. The molecule has 0 aromatic heterocycles. The van der Waals surface area contributed by atoms with Crippen LogP contribution in [0.5, 0.6) is 0 Å². The molecule has 0 radical (unpaired) electrons. The van der Waals surface area contributed by atoms with Gasteiger partial charge in [-0.2, -0.15) is 8.42 Å². The molecular formula is C4H8O4S. The van der Waals surface area contributed by atoms with E-state index >= 15 is 0 Å². The van der Waals surface area contributed by atoms with E-state index in [0.29, 0.717) is 5.41 Å². The summed E-state index contributed by atoms with van der Waals surface area (Å²) in [5, 5.41) is 8.78. The molecule has 0 heterocycles. The summed E-state index contributed by atoms with van der Waals surface area (Å²) in [6.45, 7) is 2.46. The van der Waals surface area contributed by atoms with E-state index < -0.39 is 10.1 Å². The SMILES string of the molecule is C=CS(=O)(=O)OCCO. The molecule has 0 fully saturated rings. The lowest BCUT2D eigenvalue weighted by Crippen LogP contribution is -2.05. The summed E-state index contributed by atoms with van der Waals surface area (Å²) in [4.78, 5) is 0. The second-order valence-electron chi connectivity index (χ2n) is 1.21. The molecule has 0 aromatic rings. The van der Waals surface area contributed by atoms with Crippen LogP contribution in [0.4, 0.5) is 0 Å². The number of aliphatic hydroxyl groups is 1. The Morgan fingerprint density at radius 1 is 1.67 bits per heavy atom. The van der Waals surface area contributed by atoms with E-state index in [9.17, 15) is 8.42 Å². The lowest BCUT2D eigenvalue weighted by molar-refractivity contribution is 0.207. The fourth-order valence-electron chi connectivity index (χ4n) is 0.202. The van der Waals surface area contributed by atoms with Crippen LogP contribution in [-0.2, 0) is 14.3 Å². The van der Waals surface area contributed by atoms with Crippen LogP contribution >= 0.6 is 0 Å². The highest BCUT2D eigenvalue weighted by atomic mass is 32.2. The van der Waals surface area contributed by atoms with Crippen molar-refractivity contribution in [3.05, 3.63) is 12.0 Å². The van der Waals surface area contributed by atoms with Gasteiger partial charge in [-0.05, 0) is 0 Å². The maximum Gasteiger partial charge on any atom is 0.289 e. The summed E-state index contributed by atoms with van der Waals surface area (Å²) in [7, 11) is -3.58. The molecule has 0 amide bonds. The first-order valence-electron chi connectivity index (χ1n) is 2.25. The van der Waals surface area contributed by atoms with E-state index in [1.54, 1.807) is 0 Å². The first kappa shape index (κ1) is 8.61. The highest BCUT2D eigenvalue weighted by Crippen LogP contribution is 1.90. The van der Waals surface area contributed by atoms with Crippen molar-refractivity contribution in [3.8, 4) is 0 Å². The quantitative estimate of drug-likeness (QED) is 0.550. The van der Waals surface area contributed by atoms with E-state index in [-0.39, 0.29) is 13.2 Å². The van der Waals surface area contributed by atoms with E-state index in [1.165, 1.54) is 0 Å². The molecule has 0 saturated heterocycles. The summed E-state index contributed by atoms with van der Waals surface area (Å²) in [5.41, 5.74) is 0. The fraction of sp³-hybridized carbons (Fsp3) is 0.500. The highest BCUT2D eigenvalue weighted by molar-refractivity contribution is 7.89. The van der Waals surface area contributed by atoms with E-state index in [0.717, 1.165) is 0 Å². The molecule has 0 unspecified atom stereocenters. The van der Waals surface area contributed by atoms with E-state index in [1.807, 2.05) is 0 Å². The largest absolute Gasteiger partial charge is 0.394 e. The molecule has 5 heteroatoms. The standard InChI is InChI=1S/C4H8O4S/c1-2-9(6,7)8-4-3-5/h2,5H,1,3-4H2. The van der Waals surface area contributed by atoms with Crippen LogP contribution in [0.1, 0.15) is 0 Å². The Hall–Kier alpha value is -0.390. The summed E-state index contributed by atoms with van der Waals surface area (Å²) < 4.78 is 24.7. The predicted molar refractivity (Wildman–Crippen MR) is 32.2 cm³/mol. The Kier molecular flexibility index (Phi) is 3.44. The summed E-state index contributed by atoms with van der Waals surface area (Å²) in [5.74, 6) is 0. The normalized spacial score (nSPS) is 11.2. The zero-order valence-electron chi connectivity index (χ0n) is 4.78. The van der Waals surface area contributed by atoms with Crippen LogP contribution in [0.2, 0.25) is 0 Å². The van der Waals surface area contributed by atoms with Crippen LogP contribution < -0.4 is 0 Å². The summed E-state index contributed by atoms with van der Waals surface area (Å²) in [6, 6.07) is 0. The van der Waals surface area contributed by atoms with Crippen molar-refractivity contribution in [3.63, 3.8) is 0 Å². The Labute approximate surface area is 53.9 Å². The van der Waals surface area contributed by atoms with Gasteiger partial charge in [0.2, 0.25) is 0 Å². The molecule has 0 bridgehead atoms. The number of aliphatic hydroxyl groups excluding tert-OH is 1. The summed E-state index contributed by atoms with van der Waals surface area (Å²) >= 11 is 0. The minimum absolute atomic E-state index is 0.214. The molecule has 0 aliphatic rings. The van der Waals surface area contributed by atoms with Gasteiger partial charge < -0.3 is 5.11 Å². The van der Waals surface area contributed by atoms with Gasteiger partial charge in [0.15, 0.2) is 0 Å². The minimum atomic E-state index is -3.58. The van der Waals surface area contributed by atoms with Crippen molar-refractivity contribution >= 4 is 10.1 Å². The molecule has 9 heavy (non-hydrogen) atoms. The molecule has 0 aliphatic carbocycles. The van der Waals surface area contributed by atoms with Gasteiger partial charge >= 0.3 is 0 Å². The maximum absolute atomic E-state index is 10.3. The molecule has 54 valence electrons. The number of rotatable bonds is 4. The van der Waals surface area contributed by atoms with Crippen LogP contribution in [-0.4, -0.2) is 26.7 Å². The molecule has 4 nitrogen and oxygen atoms in total. The second-order valence-corrected chi connectivity index (χ2v) is 2.76. The molecule has 0 rings (SSSR count). The van der Waals surface area contributed by atoms with Crippen molar-refractivity contribution in [2.75, 3.05) is 13.2 Å². The molecule has 0 aliphatic heterocycles. The van der Waals surface area contributed by atoms with Gasteiger partial charge in [-0.25, -0.2) is 0 Å². The van der Waals surface area contributed by atoms with Crippen LogP contribution in [0.15, 0.2) is 12.0 Å². The van der Waals surface area contributed by atoms with Gasteiger partial charge in [-0.15, -0.1) is 0 Å². The van der Waals surface area contributed by atoms with Crippen molar-refractivity contribution in [2.45, 2.75) is 0 Å². The van der Waals surface area contributed by atoms with Crippen LogP contribution in [0, 0.1) is 0 Å². The van der Waals surface area contributed by atoms with Gasteiger partial charge in [0.1, 0.15) is 0 Å². The molecule has 0 saturated carbocycles. The third-order valence-corrected chi connectivity index (χ3v) is 1.45. The maximum atomic E-state index is 10.3. The van der Waals surface area contributed by atoms with Crippen molar-refractivity contribution in [1.29, 1.82) is 0 Å². The van der Waals surface area contributed by atoms with Crippen LogP contribution in [0.3, 0.4) is 0 Å². The molecule has 0 spiro atoms.